The van der Waals surface area contributed by atoms with E-state index in [2.05, 4.69) is 5.32 Å². The van der Waals surface area contributed by atoms with E-state index in [1.807, 2.05) is 42.5 Å². The Morgan fingerprint density at radius 1 is 0.830 bits per heavy atom. The maximum absolute atomic E-state index is 14.6. The molecule has 0 aliphatic carbocycles. The first-order valence-electron chi connectivity index (χ1n) is 17.0. The van der Waals surface area contributed by atoms with E-state index < -0.39 is 44.9 Å². The number of rotatable bonds is 14. The van der Waals surface area contributed by atoms with Crippen LogP contribution in [0.4, 0.5) is 13.2 Å². The van der Waals surface area contributed by atoms with Crippen molar-refractivity contribution in [3.05, 3.63) is 156 Å². The number of ether oxygens (including phenoxy) is 2. The molecule has 0 fully saturated rings. The van der Waals surface area contributed by atoms with Crippen LogP contribution in [-0.2, 0) is 32.1 Å². The topological polar surface area (TPSA) is 114 Å². The third kappa shape index (κ3) is 8.78. The second kappa shape index (κ2) is 16.1. The molecule has 274 valence electrons. The fourth-order valence-electron chi connectivity index (χ4n) is 6.08. The summed E-state index contributed by atoms with van der Waals surface area (Å²) >= 11 is 0. The molecule has 8 nitrogen and oxygen atoms in total. The molecular formula is C41H37F3N2O6S. The van der Waals surface area contributed by atoms with Crippen LogP contribution < -0.4 is 10.1 Å². The Hall–Kier alpha value is -5.46. The maximum atomic E-state index is 14.6. The zero-order valence-electron chi connectivity index (χ0n) is 28.5. The minimum Gasteiger partial charge on any atom is -0.494 e. The molecule has 2 N–H and O–H groups in total. The van der Waals surface area contributed by atoms with Crippen LogP contribution in [0.2, 0.25) is 0 Å². The average Bonchev–Trinajstić information content (AvgIpc) is 3.58. The minimum atomic E-state index is -4.58. The molecule has 5 aromatic rings. The number of benzene rings is 5. The monoisotopic (exact) mass is 742 g/mol. The van der Waals surface area contributed by atoms with Crippen LogP contribution in [0.3, 0.4) is 0 Å². The molecule has 0 unspecified atom stereocenters. The molecule has 5 aromatic carbocycles. The van der Waals surface area contributed by atoms with Crippen molar-refractivity contribution in [2.45, 2.75) is 42.1 Å². The molecule has 0 radical (unpaired) electrons. The minimum absolute atomic E-state index is 0.0195. The molecule has 1 heterocycles. The summed E-state index contributed by atoms with van der Waals surface area (Å²) in [6.07, 6.45) is -5.56. The molecular weight excluding hydrogens is 706 g/mol. The van der Waals surface area contributed by atoms with E-state index in [9.17, 15) is 26.4 Å². The van der Waals surface area contributed by atoms with E-state index in [0.29, 0.717) is 29.9 Å². The van der Waals surface area contributed by atoms with E-state index in [0.717, 1.165) is 23.3 Å². The highest BCUT2D eigenvalue weighted by Gasteiger charge is 2.53. The number of halogens is 3. The van der Waals surface area contributed by atoms with Gasteiger partial charge >= 0.3 is 6.18 Å². The molecule has 6 rings (SSSR count). The van der Waals surface area contributed by atoms with Crippen molar-refractivity contribution in [1.29, 1.82) is 0 Å². The number of hydrogen-bond donors (Lipinski definition) is 2. The lowest BCUT2D eigenvalue weighted by Gasteiger charge is -2.31. The van der Waals surface area contributed by atoms with Crippen LogP contribution in [0.25, 0.3) is 11.1 Å². The standard InChI is InChI=1S/C41H37F3N2O6S/c42-41(43,44)34-12-7-9-29(27-34)28-45-39(48)40(23-26-53(49,50)36-13-5-2-6-14-36)37(32-17-15-31(16-18-32)30-10-3-1-4-11-30)52-38(46-40)33-19-21-35(22-20-33)51-25-8-24-47/h1-7,9-22,27,37,47H,8,23-26,28H2,(H,45,48)/t37-,40-/m1/s1. The number of sulfone groups is 1. The third-order valence-corrected chi connectivity index (χ3v) is 10.6. The lowest BCUT2D eigenvalue weighted by molar-refractivity contribution is -0.137. The zero-order valence-corrected chi connectivity index (χ0v) is 29.3. The highest BCUT2D eigenvalue weighted by Crippen LogP contribution is 2.44. The second-order valence-corrected chi connectivity index (χ2v) is 14.6. The van der Waals surface area contributed by atoms with Gasteiger partial charge < -0.3 is 19.9 Å². The third-order valence-electron chi connectivity index (χ3n) is 8.91. The van der Waals surface area contributed by atoms with Crippen molar-refractivity contribution in [1.82, 2.24) is 5.32 Å². The Balaban J connectivity index is 1.41. The summed E-state index contributed by atoms with van der Waals surface area (Å²) in [7, 11) is -3.92. The molecule has 0 bridgehead atoms. The smallest absolute Gasteiger partial charge is 0.416 e. The van der Waals surface area contributed by atoms with Gasteiger partial charge in [0.25, 0.3) is 5.91 Å². The van der Waals surface area contributed by atoms with Crippen LogP contribution in [-0.4, -0.2) is 49.8 Å². The summed E-state index contributed by atoms with van der Waals surface area (Å²) in [6, 6.07) is 36.2. The lowest BCUT2D eigenvalue weighted by atomic mass is 9.84. The normalized spacial score (nSPS) is 17.1. The van der Waals surface area contributed by atoms with Gasteiger partial charge in [-0.25, -0.2) is 13.4 Å². The predicted molar refractivity (Wildman–Crippen MR) is 195 cm³/mol. The van der Waals surface area contributed by atoms with E-state index in [1.165, 1.54) is 24.3 Å². The molecule has 0 saturated carbocycles. The van der Waals surface area contributed by atoms with E-state index in [1.54, 1.807) is 54.6 Å². The number of carbonyl (C=O) groups is 1. The summed E-state index contributed by atoms with van der Waals surface area (Å²) in [5.41, 5.74) is 0.368. The van der Waals surface area contributed by atoms with Gasteiger partial charge in [0.1, 0.15) is 5.75 Å². The highest BCUT2D eigenvalue weighted by molar-refractivity contribution is 7.91. The maximum Gasteiger partial charge on any atom is 0.416 e. The fraction of sp³-hybridized carbons (Fsp3) is 0.220. The predicted octanol–water partition coefficient (Wildman–Crippen LogP) is 7.57. The quantitative estimate of drug-likeness (QED) is 0.114. The number of nitrogens with one attached hydrogen (secondary N) is 1. The van der Waals surface area contributed by atoms with Crippen molar-refractivity contribution in [3.8, 4) is 16.9 Å². The van der Waals surface area contributed by atoms with Crippen LogP contribution in [0.1, 0.15) is 41.2 Å². The van der Waals surface area contributed by atoms with Gasteiger partial charge in [-0.2, -0.15) is 13.2 Å². The van der Waals surface area contributed by atoms with E-state index in [4.69, 9.17) is 19.6 Å². The molecule has 0 aromatic heterocycles. The number of carbonyl (C=O) groups excluding carboxylic acids is 1. The Morgan fingerprint density at radius 2 is 1.47 bits per heavy atom. The van der Waals surface area contributed by atoms with Gasteiger partial charge in [0.15, 0.2) is 21.5 Å². The van der Waals surface area contributed by atoms with Gasteiger partial charge in [-0.3, -0.25) is 4.79 Å². The van der Waals surface area contributed by atoms with Crippen LogP contribution in [0.5, 0.6) is 5.75 Å². The number of aliphatic imine (C=N–C) groups is 1. The lowest BCUT2D eigenvalue weighted by Crippen LogP contribution is -2.49. The number of hydrogen-bond acceptors (Lipinski definition) is 7. The molecule has 1 amide bonds. The molecule has 53 heavy (non-hydrogen) atoms. The number of aliphatic hydroxyl groups is 1. The van der Waals surface area contributed by atoms with Gasteiger partial charge in [0.05, 0.1) is 22.8 Å². The summed E-state index contributed by atoms with van der Waals surface area (Å²) in [5, 5.41) is 11.9. The number of aliphatic hydroxyl groups excluding tert-OH is 1. The number of alkyl halides is 3. The van der Waals surface area contributed by atoms with Crippen molar-refractivity contribution < 1.29 is 41.0 Å². The largest absolute Gasteiger partial charge is 0.494 e. The zero-order chi connectivity index (χ0) is 37.5. The van der Waals surface area contributed by atoms with Gasteiger partial charge in [-0.15, -0.1) is 0 Å². The van der Waals surface area contributed by atoms with Crippen LogP contribution in [0, 0.1) is 0 Å². The van der Waals surface area contributed by atoms with Crippen LogP contribution >= 0.6 is 0 Å². The van der Waals surface area contributed by atoms with Gasteiger partial charge in [-0.1, -0.05) is 84.9 Å². The van der Waals surface area contributed by atoms with E-state index >= 15 is 0 Å². The van der Waals surface area contributed by atoms with Crippen molar-refractivity contribution in [2.75, 3.05) is 19.0 Å². The van der Waals surface area contributed by atoms with Crippen molar-refractivity contribution in [3.63, 3.8) is 0 Å². The first-order chi connectivity index (χ1) is 25.5. The molecule has 0 spiro atoms. The summed E-state index contributed by atoms with van der Waals surface area (Å²) < 4.78 is 80.0. The first kappa shape index (κ1) is 37.3. The SMILES string of the molecule is O=C(NCc1cccc(C(F)(F)F)c1)[C@]1(CCS(=O)(=O)c2ccccc2)N=C(c2ccc(OCCCO)cc2)O[C@@H]1c1ccc(-c2ccccc2)cc1. The Kier molecular flexibility index (Phi) is 11.3. The molecule has 2 atom stereocenters. The van der Waals surface area contributed by atoms with Crippen molar-refractivity contribution in [2.24, 2.45) is 4.99 Å². The van der Waals surface area contributed by atoms with Gasteiger partial charge in [0.2, 0.25) is 5.90 Å². The highest BCUT2D eigenvalue weighted by atomic mass is 32.2. The van der Waals surface area contributed by atoms with E-state index in [-0.39, 0.29) is 35.9 Å². The van der Waals surface area contributed by atoms with Gasteiger partial charge in [0, 0.05) is 31.6 Å². The fourth-order valence-corrected chi connectivity index (χ4v) is 7.47. The summed E-state index contributed by atoms with van der Waals surface area (Å²) in [4.78, 5) is 19.5. The molecule has 12 heteroatoms. The Morgan fingerprint density at radius 3 is 2.13 bits per heavy atom. The molecule has 1 aliphatic heterocycles. The molecule has 1 aliphatic rings. The van der Waals surface area contributed by atoms with Crippen molar-refractivity contribution >= 4 is 21.6 Å². The Bertz CT molecular complexity index is 2140. The number of nitrogens with zero attached hydrogens (tertiary/aromatic N) is 1. The summed E-state index contributed by atoms with van der Waals surface area (Å²) in [6.45, 7) is 0.00801. The summed E-state index contributed by atoms with van der Waals surface area (Å²) in [5.74, 6) is -0.581. The first-order valence-corrected chi connectivity index (χ1v) is 18.6. The second-order valence-electron chi connectivity index (χ2n) is 12.5. The average molecular weight is 743 g/mol. The van der Waals surface area contributed by atoms with Gasteiger partial charge in [-0.05, 0) is 70.8 Å². The molecule has 0 saturated heterocycles. The van der Waals surface area contributed by atoms with Crippen LogP contribution in [0.15, 0.2) is 143 Å². The Labute approximate surface area is 305 Å². The number of amides is 1.